The maximum absolute atomic E-state index is 12.0. The topological polar surface area (TPSA) is 46.2 Å². The molecule has 1 saturated heterocycles. The summed E-state index contributed by atoms with van der Waals surface area (Å²) in [7, 11) is -3.05. The summed E-state index contributed by atoms with van der Waals surface area (Å²) in [5.74, 6) is 0.177. The van der Waals surface area contributed by atoms with Gasteiger partial charge in [0.1, 0.15) is 0 Å². The number of nitrogens with one attached hydrogen (secondary N) is 1. The predicted octanol–water partition coefficient (Wildman–Crippen LogP) is 0.529. The van der Waals surface area contributed by atoms with Crippen LogP contribution in [0, 0.1) is 0 Å². The van der Waals surface area contributed by atoms with Crippen LogP contribution in [0.25, 0.3) is 0 Å². The van der Waals surface area contributed by atoms with Crippen LogP contribution in [0.1, 0.15) is 11.5 Å². The highest BCUT2D eigenvalue weighted by Crippen LogP contribution is 2.41. The minimum Gasteiger partial charge on any atom is -0.315 e. The maximum atomic E-state index is 12.0. The maximum Gasteiger partial charge on any atom is 0.183 e. The largest absolute Gasteiger partial charge is 0.315 e. The highest BCUT2D eigenvalue weighted by molar-refractivity contribution is 7.92. The van der Waals surface area contributed by atoms with E-state index >= 15 is 0 Å². The first kappa shape index (κ1) is 8.44. The van der Waals surface area contributed by atoms with Crippen molar-refractivity contribution in [1.82, 2.24) is 5.32 Å². The normalized spacial score (nSPS) is 32.6. The van der Waals surface area contributed by atoms with Gasteiger partial charge in [-0.2, -0.15) is 0 Å². The summed E-state index contributed by atoms with van der Waals surface area (Å²) in [5, 5.41) is 2.92. The molecule has 2 aliphatic heterocycles. The highest BCUT2D eigenvalue weighted by atomic mass is 32.2. The van der Waals surface area contributed by atoms with Gasteiger partial charge < -0.3 is 5.32 Å². The third kappa shape index (κ3) is 0.875. The zero-order chi connectivity index (χ0) is 9.76. The first-order chi connectivity index (χ1) is 6.71. The van der Waals surface area contributed by atoms with E-state index in [9.17, 15) is 8.42 Å². The standard InChI is InChI=1S/C10H11NO2S/c12-14(13)9-4-2-1-3-7(9)8-5-11-6-10(8)14/h1-4,8,10-11H,5-6H2/t8-,10-/m1/s1. The fraction of sp³-hybridized carbons (Fsp3) is 0.400. The molecule has 0 aromatic heterocycles. The average molecular weight is 209 g/mol. The van der Waals surface area contributed by atoms with E-state index in [4.69, 9.17) is 0 Å². The van der Waals surface area contributed by atoms with Gasteiger partial charge in [-0.15, -0.1) is 0 Å². The van der Waals surface area contributed by atoms with Crippen LogP contribution in [0.5, 0.6) is 0 Å². The Morgan fingerprint density at radius 1 is 1.21 bits per heavy atom. The molecule has 3 rings (SSSR count). The van der Waals surface area contributed by atoms with Crippen LogP contribution in [-0.2, 0) is 9.84 Å². The summed E-state index contributed by atoms with van der Waals surface area (Å²) in [6.45, 7) is 1.39. The number of hydrogen-bond acceptors (Lipinski definition) is 3. The van der Waals surface area contributed by atoms with Crippen LogP contribution in [0.2, 0.25) is 0 Å². The molecule has 0 amide bonds. The van der Waals surface area contributed by atoms with Gasteiger partial charge in [0.05, 0.1) is 10.1 Å². The lowest BCUT2D eigenvalue weighted by molar-refractivity contribution is 0.587. The lowest BCUT2D eigenvalue weighted by atomic mass is 9.99. The molecular weight excluding hydrogens is 198 g/mol. The Balaban J connectivity index is 2.30. The molecule has 2 aliphatic rings. The fourth-order valence-corrected chi connectivity index (χ4v) is 4.66. The lowest BCUT2D eigenvalue weighted by Gasteiger charge is -2.05. The molecule has 0 bridgehead atoms. The Hall–Kier alpha value is -0.870. The van der Waals surface area contributed by atoms with E-state index in [1.165, 1.54) is 0 Å². The smallest absolute Gasteiger partial charge is 0.183 e. The second-order valence-electron chi connectivity index (χ2n) is 3.89. The summed E-state index contributed by atoms with van der Waals surface area (Å²) in [6, 6.07) is 7.37. The third-order valence-electron chi connectivity index (χ3n) is 3.18. The van der Waals surface area contributed by atoms with E-state index in [0.29, 0.717) is 11.4 Å². The molecule has 0 spiro atoms. The average Bonchev–Trinajstić information content (AvgIpc) is 2.72. The quantitative estimate of drug-likeness (QED) is 0.678. The molecule has 0 unspecified atom stereocenters. The van der Waals surface area contributed by atoms with Gasteiger partial charge in [-0.05, 0) is 11.6 Å². The molecule has 14 heavy (non-hydrogen) atoms. The molecule has 0 aliphatic carbocycles. The summed E-state index contributed by atoms with van der Waals surface area (Å²) in [6.07, 6.45) is 0. The zero-order valence-electron chi connectivity index (χ0n) is 7.60. The van der Waals surface area contributed by atoms with E-state index in [1.54, 1.807) is 12.1 Å². The zero-order valence-corrected chi connectivity index (χ0v) is 8.42. The molecule has 74 valence electrons. The van der Waals surface area contributed by atoms with Gasteiger partial charge in [0.25, 0.3) is 0 Å². The van der Waals surface area contributed by atoms with Gasteiger partial charge in [-0.3, -0.25) is 0 Å². The summed E-state index contributed by atoms with van der Waals surface area (Å²) in [5.41, 5.74) is 1.00. The minimum atomic E-state index is -3.05. The number of benzene rings is 1. The first-order valence-corrected chi connectivity index (χ1v) is 6.29. The Morgan fingerprint density at radius 3 is 2.86 bits per heavy atom. The molecule has 1 aromatic carbocycles. The van der Waals surface area contributed by atoms with Crippen LogP contribution in [0.4, 0.5) is 0 Å². The molecule has 2 atom stereocenters. The molecular formula is C10H11NO2S. The molecule has 0 radical (unpaired) electrons. The van der Waals surface area contributed by atoms with Gasteiger partial charge in [-0.1, -0.05) is 18.2 Å². The van der Waals surface area contributed by atoms with Crippen LogP contribution >= 0.6 is 0 Å². The van der Waals surface area contributed by atoms with Crippen molar-refractivity contribution in [3.05, 3.63) is 29.8 Å². The van der Waals surface area contributed by atoms with Crippen LogP contribution in [-0.4, -0.2) is 26.8 Å². The van der Waals surface area contributed by atoms with E-state index in [1.807, 2.05) is 12.1 Å². The van der Waals surface area contributed by atoms with Crippen molar-refractivity contribution in [1.29, 1.82) is 0 Å². The Kier molecular flexibility index (Phi) is 1.56. The van der Waals surface area contributed by atoms with Crippen molar-refractivity contribution in [2.45, 2.75) is 16.1 Å². The highest BCUT2D eigenvalue weighted by Gasteiger charge is 2.46. The van der Waals surface area contributed by atoms with Gasteiger partial charge in [0, 0.05) is 19.0 Å². The number of fused-ring (bicyclic) bond motifs is 3. The summed E-state index contributed by atoms with van der Waals surface area (Å²) >= 11 is 0. The minimum absolute atomic E-state index is 0.177. The van der Waals surface area contributed by atoms with E-state index < -0.39 is 9.84 Å². The molecule has 4 heteroatoms. The Morgan fingerprint density at radius 2 is 2.00 bits per heavy atom. The fourth-order valence-electron chi connectivity index (χ4n) is 2.50. The van der Waals surface area contributed by atoms with Crippen molar-refractivity contribution in [3.63, 3.8) is 0 Å². The van der Waals surface area contributed by atoms with E-state index in [-0.39, 0.29) is 11.2 Å². The lowest BCUT2D eigenvalue weighted by Crippen LogP contribution is -2.22. The van der Waals surface area contributed by atoms with Crippen molar-refractivity contribution < 1.29 is 8.42 Å². The summed E-state index contributed by atoms with van der Waals surface area (Å²) < 4.78 is 24.1. The van der Waals surface area contributed by atoms with Crippen molar-refractivity contribution >= 4 is 9.84 Å². The number of sulfone groups is 1. The van der Waals surface area contributed by atoms with E-state index in [0.717, 1.165) is 12.1 Å². The van der Waals surface area contributed by atoms with Gasteiger partial charge >= 0.3 is 0 Å². The molecule has 0 saturated carbocycles. The second kappa shape index (κ2) is 2.58. The van der Waals surface area contributed by atoms with E-state index in [2.05, 4.69) is 5.32 Å². The van der Waals surface area contributed by atoms with Gasteiger partial charge in [-0.25, -0.2) is 8.42 Å². The molecule has 2 heterocycles. The third-order valence-corrected chi connectivity index (χ3v) is 5.46. The Labute approximate surface area is 83.1 Å². The number of hydrogen-bond donors (Lipinski definition) is 1. The van der Waals surface area contributed by atoms with Crippen molar-refractivity contribution in [2.75, 3.05) is 13.1 Å². The molecule has 1 N–H and O–H groups in total. The van der Waals surface area contributed by atoms with Crippen LogP contribution < -0.4 is 5.32 Å². The van der Waals surface area contributed by atoms with Crippen LogP contribution in [0.3, 0.4) is 0 Å². The SMILES string of the molecule is O=S1(=O)c2ccccc2[C@H]2CNC[C@H]21. The van der Waals surface area contributed by atoms with Gasteiger partial charge in [0.2, 0.25) is 0 Å². The van der Waals surface area contributed by atoms with Crippen LogP contribution in [0.15, 0.2) is 29.2 Å². The summed E-state index contributed by atoms with van der Waals surface area (Å²) in [4.78, 5) is 0.552. The Bertz CT molecular complexity index is 481. The number of rotatable bonds is 0. The molecule has 3 nitrogen and oxygen atoms in total. The van der Waals surface area contributed by atoms with Gasteiger partial charge in [0.15, 0.2) is 9.84 Å². The first-order valence-electron chi connectivity index (χ1n) is 4.75. The predicted molar refractivity (Wildman–Crippen MR) is 53.0 cm³/mol. The molecule has 1 fully saturated rings. The molecule has 1 aromatic rings. The van der Waals surface area contributed by atoms with Crippen molar-refractivity contribution in [2.24, 2.45) is 0 Å². The second-order valence-corrected chi connectivity index (χ2v) is 6.02. The van der Waals surface area contributed by atoms with Crippen molar-refractivity contribution in [3.8, 4) is 0 Å². The monoisotopic (exact) mass is 209 g/mol.